The van der Waals surface area contributed by atoms with Crippen molar-refractivity contribution in [2.75, 3.05) is 0 Å². The molecule has 0 amide bonds. The van der Waals surface area contributed by atoms with Gasteiger partial charge in [0.05, 0.1) is 6.07 Å². The highest BCUT2D eigenvalue weighted by Crippen LogP contribution is 2.50. The van der Waals surface area contributed by atoms with Gasteiger partial charge in [0.2, 0.25) is 0 Å². The molecule has 0 aromatic heterocycles. The van der Waals surface area contributed by atoms with Crippen LogP contribution in [0.15, 0.2) is 0 Å². The molecule has 2 unspecified atom stereocenters. The molecule has 0 aromatic rings. The van der Waals surface area contributed by atoms with E-state index in [1.807, 2.05) is 0 Å². The minimum atomic E-state index is 0.367. The maximum Gasteiger partial charge on any atom is 0.0658 e. The van der Waals surface area contributed by atoms with Crippen molar-refractivity contribution >= 4 is 0 Å². The van der Waals surface area contributed by atoms with Crippen molar-refractivity contribution in [1.82, 2.24) is 0 Å². The molecule has 0 bridgehead atoms. The molecule has 0 aliphatic heterocycles. The van der Waals surface area contributed by atoms with Gasteiger partial charge in [0, 0.05) is 5.92 Å². The van der Waals surface area contributed by atoms with Crippen LogP contribution in [0.3, 0.4) is 0 Å². The van der Waals surface area contributed by atoms with Crippen molar-refractivity contribution < 1.29 is 0 Å². The monoisotopic (exact) mass is 303 g/mol. The summed E-state index contributed by atoms with van der Waals surface area (Å²) in [6.07, 6.45) is 18.0. The van der Waals surface area contributed by atoms with Crippen molar-refractivity contribution in [1.29, 1.82) is 5.26 Å². The van der Waals surface area contributed by atoms with E-state index in [1.54, 1.807) is 0 Å². The van der Waals surface area contributed by atoms with E-state index in [4.69, 9.17) is 0 Å². The lowest BCUT2D eigenvalue weighted by Crippen LogP contribution is -2.38. The van der Waals surface area contributed by atoms with Crippen LogP contribution in [0.1, 0.15) is 97.3 Å². The zero-order chi connectivity index (χ0) is 15.8. The molecule has 2 aliphatic carbocycles. The minimum absolute atomic E-state index is 0.367. The molecule has 2 aliphatic rings. The van der Waals surface area contributed by atoms with Gasteiger partial charge < -0.3 is 0 Å². The van der Waals surface area contributed by atoms with Gasteiger partial charge in [-0.15, -0.1) is 0 Å². The molecule has 0 radical (unpaired) electrons. The summed E-state index contributed by atoms with van der Waals surface area (Å²) in [5.41, 5.74) is 0. The first-order valence-corrected chi connectivity index (χ1v) is 10.2. The van der Waals surface area contributed by atoms with Crippen LogP contribution >= 0.6 is 0 Å². The summed E-state index contributed by atoms with van der Waals surface area (Å²) in [5.74, 6) is 3.93. The Morgan fingerprint density at radius 3 is 2.41 bits per heavy atom. The molecule has 2 rings (SSSR count). The van der Waals surface area contributed by atoms with Crippen LogP contribution in [0.5, 0.6) is 0 Å². The van der Waals surface area contributed by atoms with Crippen LogP contribution in [-0.4, -0.2) is 0 Å². The van der Waals surface area contributed by atoms with E-state index in [0.717, 1.165) is 23.7 Å². The summed E-state index contributed by atoms with van der Waals surface area (Å²) < 4.78 is 0. The van der Waals surface area contributed by atoms with Gasteiger partial charge >= 0.3 is 0 Å². The molecule has 126 valence electrons. The van der Waals surface area contributed by atoms with Gasteiger partial charge in [0.1, 0.15) is 0 Å². The highest BCUT2D eigenvalue weighted by atomic mass is 14.5. The molecular formula is C21H37N. The molecule has 5 atom stereocenters. The molecule has 0 N–H and O–H groups in total. The van der Waals surface area contributed by atoms with Crippen molar-refractivity contribution in [3.63, 3.8) is 0 Å². The zero-order valence-electron chi connectivity index (χ0n) is 15.0. The number of nitrogens with zero attached hydrogens (tertiary/aromatic N) is 1. The van der Waals surface area contributed by atoms with E-state index >= 15 is 0 Å². The van der Waals surface area contributed by atoms with Gasteiger partial charge in [0.25, 0.3) is 0 Å². The molecule has 0 aromatic carbocycles. The Morgan fingerprint density at radius 1 is 0.864 bits per heavy atom. The van der Waals surface area contributed by atoms with Gasteiger partial charge in [-0.3, -0.25) is 0 Å². The fourth-order valence-electron chi connectivity index (χ4n) is 5.39. The van der Waals surface area contributed by atoms with Crippen LogP contribution in [0.25, 0.3) is 0 Å². The molecule has 0 saturated heterocycles. The molecule has 1 heteroatoms. The van der Waals surface area contributed by atoms with Crippen LogP contribution in [0.2, 0.25) is 0 Å². The molecule has 1 nitrogen and oxygen atoms in total. The Balaban J connectivity index is 1.78. The standard InChI is InChI=1S/C21H37N/c1-3-5-6-7-8-10-17-11-14-21-18(15-17)12-13-19(16-22)20(21)9-4-2/h17-21H,3-15H2,1-2H3/t17-,18?,19+,20-,21?/m0/s1. The smallest absolute Gasteiger partial charge is 0.0658 e. The lowest BCUT2D eigenvalue weighted by molar-refractivity contribution is 0.0449. The maximum absolute atomic E-state index is 9.47. The molecule has 22 heavy (non-hydrogen) atoms. The van der Waals surface area contributed by atoms with Gasteiger partial charge in [-0.25, -0.2) is 0 Å². The van der Waals surface area contributed by atoms with Crippen LogP contribution in [0, 0.1) is 40.9 Å². The topological polar surface area (TPSA) is 23.8 Å². The summed E-state index contributed by atoms with van der Waals surface area (Å²) >= 11 is 0. The zero-order valence-corrected chi connectivity index (χ0v) is 15.0. The summed E-state index contributed by atoms with van der Waals surface area (Å²) in [5, 5.41) is 9.47. The highest BCUT2D eigenvalue weighted by Gasteiger charge is 2.41. The van der Waals surface area contributed by atoms with Crippen LogP contribution in [0.4, 0.5) is 0 Å². The Labute approximate surface area is 138 Å². The number of hydrogen-bond donors (Lipinski definition) is 0. The average molecular weight is 304 g/mol. The fourth-order valence-corrected chi connectivity index (χ4v) is 5.39. The quantitative estimate of drug-likeness (QED) is 0.456. The maximum atomic E-state index is 9.47. The van der Waals surface area contributed by atoms with E-state index < -0.39 is 0 Å². The average Bonchev–Trinajstić information content (AvgIpc) is 2.55. The molecule has 0 spiro atoms. The van der Waals surface area contributed by atoms with Gasteiger partial charge in [-0.05, 0) is 55.8 Å². The Kier molecular flexibility index (Phi) is 7.77. The SMILES string of the molecule is CCCCCCC[C@H]1CCC2C(CC[C@H](C#N)[C@@H]2CCC)C1. The summed E-state index contributed by atoms with van der Waals surface area (Å²) in [6.45, 7) is 4.59. The van der Waals surface area contributed by atoms with Crippen molar-refractivity contribution in [2.24, 2.45) is 29.6 Å². The first-order valence-electron chi connectivity index (χ1n) is 10.2. The first kappa shape index (κ1) is 17.8. The van der Waals surface area contributed by atoms with Crippen LogP contribution in [-0.2, 0) is 0 Å². The summed E-state index contributed by atoms with van der Waals surface area (Å²) in [7, 11) is 0. The number of hydrogen-bond acceptors (Lipinski definition) is 1. The number of rotatable bonds is 8. The van der Waals surface area contributed by atoms with Gasteiger partial charge in [-0.1, -0.05) is 65.2 Å². The predicted octanol–water partition coefficient (Wildman–Crippen LogP) is 6.73. The lowest BCUT2D eigenvalue weighted by Gasteiger charge is -2.46. The van der Waals surface area contributed by atoms with E-state index in [2.05, 4.69) is 19.9 Å². The Hall–Kier alpha value is -0.510. The lowest BCUT2D eigenvalue weighted by atomic mass is 9.58. The second-order valence-electron chi connectivity index (χ2n) is 8.07. The predicted molar refractivity (Wildman–Crippen MR) is 94.4 cm³/mol. The third-order valence-corrected chi connectivity index (χ3v) is 6.57. The van der Waals surface area contributed by atoms with E-state index in [1.165, 1.54) is 83.5 Å². The third-order valence-electron chi connectivity index (χ3n) is 6.57. The van der Waals surface area contributed by atoms with E-state index in [9.17, 15) is 5.26 Å². The van der Waals surface area contributed by atoms with Crippen molar-refractivity contribution in [3.8, 4) is 6.07 Å². The molecule has 2 saturated carbocycles. The number of unbranched alkanes of at least 4 members (excludes halogenated alkanes) is 4. The Morgan fingerprint density at radius 2 is 1.68 bits per heavy atom. The van der Waals surface area contributed by atoms with Gasteiger partial charge in [0.15, 0.2) is 0 Å². The van der Waals surface area contributed by atoms with Crippen LogP contribution < -0.4 is 0 Å². The summed E-state index contributed by atoms with van der Waals surface area (Å²) in [6, 6.07) is 2.64. The van der Waals surface area contributed by atoms with Crippen molar-refractivity contribution in [3.05, 3.63) is 0 Å². The van der Waals surface area contributed by atoms with Crippen molar-refractivity contribution in [2.45, 2.75) is 97.3 Å². The second kappa shape index (κ2) is 9.59. The highest BCUT2D eigenvalue weighted by molar-refractivity contribution is 4.98. The molecule has 0 heterocycles. The third kappa shape index (κ3) is 4.74. The molecular weight excluding hydrogens is 266 g/mol. The first-order chi connectivity index (χ1) is 10.8. The Bertz CT molecular complexity index is 342. The molecule has 2 fully saturated rings. The van der Waals surface area contributed by atoms with Gasteiger partial charge in [-0.2, -0.15) is 5.26 Å². The van der Waals surface area contributed by atoms with E-state index in [0.29, 0.717) is 5.92 Å². The number of nitriles is 1. The normalized spacial score (nSPS) is 34.9. The number of fused-ring (bicyclic) bond motifs is 1. The minimum Gasteiger partial charge on any atom is -0.198 e. The second-order valence-corrected chi connectivity index (χ2v) is 8.07. The summed E-state index contributed by atoms with van der Waals surface area (Å²) in [4.78, 5) is 0. The largest absolute Gasteiger partial charge is 0.198 e. The fraction of sp³-hybridized carbons (Fsp3) is 0.952. The van der Waals surface area contributed by atoms with E-state index in [-0.39, 0.29) is 0 Å².